The Balaban J connectivity index is 2.13. The molecule has 1 aromatic heterocycles. The van der Waals surface area contributed by atoms with Gasteiger partial charge >= 0.3 is 0 Å². The number of carbonyl (C=O) groups is 1. The maximum Gasteiger partial charge on any atom is 0.274 e. The van der Waals surface area contributed by atoms with Crippen LogP contribution in [0.25, 0.3) is 0 Å². The maximum atomic E-state index is 11.5. The smallest absolute Gasteiger partial charge is 0.274 e. The van der Waals surface area contributed by atoms with Gasteiger partial charge in [0, 0.05) is 16.5 Å². The minimum Gasteiger partial charge on any atom is -0.352 e. The second-order valence-electron chi connectivity index (χ2n) is 3.18. The molecule has 84 valence electrons. The Labute approximate surface area is 103 Å². The average Bonchev–Trinajstić information content (AvgIpc) is 2.90. The number of hydrogen-bond donors (Lipinski definition) is 0. The molecule has 4 heteroatoms. The molecule has 0 aliphatic carbocycles. The first-order chi connectivity index (χ1) is 8.29. The highest BCUT2D eigenvalue weighted by molar-refractivity contribution is 7.98. The van der Waals surface area contributed by atoms with Crippen molar-refractivity contribution in [1.29, 1.82) is 0 Å². The number of benzene rings is 1. The summed E-state index contributed by atoms with van der Waals surface area (Å²) >= 11 is 1.66. The molecule has 2 rings (SSSR count). The standard InChI is InChI=1S/C13H9NO2S/c1-17-11-5-2-10(3-6-11)4-7-12(15)13-8-9-14-16-13/h2-3,5-6,8-9H,1H3. The van der Waals surface area contributed by atoms with E-state index in [1.54, 1.807) is 11.8 Å². The largest absolute Gasteiger partial charge is 0.352 e. The van der Waals surface area contributed by atoms with Crippen LogP contribution in [0.5, 0.6) is 0 Å². The summed E-state index contributed by atoms with van der Waals surface area (Å²) in [6, 6.07) is 9.19. The Morgan fingerprint density at radius 2 is 2.06 bits per heavy atom. The SMILES string of the molecule is CSc1ccc(C#CC(=O)c2ccno2)cc1. The molecule has 0 spiro atoms. The van der Waals surface area contributed by atoms with Gasteiger partial charge in [-0.1, -0.05) is 11.1 Å². The highest BCUT2D eigenvalue weighted by Gasteiger charge is 2.05. The highest BCUT2D eigenvalue weighted by Crippen LogP contribution is 2.14. The number of ketones is 1. The molecule has 1 heterocycles. The third-order valence-corrected chi connectivity index (χ3v) is 2.82. The second kappa shape index (κ2) is 5.37. The van der Waals surface area contributed by atoms with Gasteiger partial charge in [0.1, 0.15) is 0 Å². The van der Waals surface area contributed by atoms with Crippen LogP contribution < -0.4 is 0 Å². The first-order valence-electron chi connectivity index (χ1n) is 4.90. The van der Waals surface area contributed by atoms with E-state index in [1.807, 2.05) is 30.5 Å². The number of aromatic nitrogens is 1. The van der Waals surface area contributed by atoms with Gasteiger partial charge in [0.25, 0.3) is 5.78 Å². The topological polar surface area (TPSA) is 43.1 Å². The summed E-state index contributed by atoms with van der Waals surface area (Å²) in [5, 5.41) is 3.45. The molecular formula is C13H9NO2S. The van der Waals surface area contributed by atoms with Crippen LogP contribution in [0.4, 0.5) is 0 Å². The third kappa shape index (κ3) is 2.99. The van der Waals surface area contributed by atoms with Crippen molar-refractivity contribution >= 4 is 17.5 Å². The van der Waals surface area contributed by atoms with Crippen LogP contribution in [0.2, 0.25) is 0 Å². The van der Waals surface area contributed by atoms with Crippen molar-refractivity contribution in [3.8, 4) is 11.8 Å². The first kappa shape index (κ1) is 11.5. The molecule has 0 aliphatic heterocycles. The molecule has 0 unspecified atom stereocenters. The Morgan fingerprint density at radius 3 is 2.65 bits per heavy atom. The van der Waals surface area contributed by atoms with Gasteiger partial charge in [-0.3, -0.25) is 4.79 Å². The summed E-state index contributed by atoms with van der Waals surface area (Å²) < 4.78 is 4.71. The van der Waals surface area contributed by atoms with E-state index >= 15 is 0 Å². The van der Waals surface area contributed by atoms with E-state index in [4.69, 9.17) is 4.52 Å². The van der Waals surface area contributed by atoms with Gasteiger partial charge in [0.15, 0.2) is 0 Å². The minimum absolute atomic E-state index is 0.165. The molecule has 2 aromatic rings. The number of hydrogen-bond acceptors (Lipinski definition) is 4. The molecule has 0 N–H and O–H groups in total. The van der Waals surface area contributed by atoms with Gasteiger partial charge in [-0.2, -0.15) is 0 Å². The van der Waals surface area contributed by atoms with E-state index < -0.39 is 0 Å². The molecule has 0 saturated carbocycles. The van der Waals surface area contributed by atoms with Crippen molar-refractivity contribution in [2.45, 2.75) is 4.90 Å². The second-order valence-corrected chi connectivity index (χ2v) is 4.06. The molecule has 0 bridgehead atoms. The molecular weight excluding hydrogens is 234 g/mol. The Hall–Kier alpha value is -1.99. The number of thioether (sulfide) groups is 1. The summed E-state index contributed by atoms with van der Waals surface area (Å²) in [5.74, 6) is 5.10. The fourth-order valence-corrected chi connectivity index (χ4v) is 1.61. The van der Waals surface area contributed by atoms with Crippen LogP contribution in [0, 0.1) is 11.8 Å². The molecule has 0 saturated heterocycles. The lowest BCUT2D eigenvalue weighted by molar-refractivity contribution is 0.102. The van der Waals surface area contributed by atoms with Crippen LogP contribution in [-0.4, -0.2) is 17.2 Å². The van der Waals surface area contributed by atoms with Gasteiger partial charge in [0.05, 0.1) is 6.20 Å². The van der Waals surface area contributed by atoms with Crippen molar-refractivity contribution in [2.24, 2.45) is 0 Å². The monoisotopic (exact) mass is 243 g/mol. The maximum absolute atomic E-state index is 11.5. The van der Waals surface area contributed by atoms with Crippen molar-refractivity contribution in [1.82, 2.24) is 5.16 Å². The summed E-state index contributed by atoms with van der Waals surface area (Å²) in [6.07, 6.45) is 3.43. The predicted octanol–water partition coefficient (Wildman–Crippen LogP) is 2.63. The molecule has 0 fully saturated rings. The zero-order valence-electron chi connectivity index (χ0n) is 9.14. The van der Waals surface area contributed by atoms with Crippen molar-refractivity contribution < 1.29 is 9.32 Å². The van der Waals surface area contributed by atoms with Crippen LogP contribution >= 0.6 is 11.8 Å². The molecule has 0 radical (unpaired) electrons. The van der Waals surface area contributed by atoms with E-state index in [1.165, 1.54) is 12.3 Å². The molecule has 3 nitrogen and oxygen atoms in total. The van der Waals surface area contributed by atoms with Crippen LogP contribution in [-0.2, 0) is 0 Å². The van der Waals surface area contributed by atoms with E-state index in [-0.39, 0.29) is 11.5 Å². The minimum atomic E-state index is -0.364. The summed E-state index contributed by atoms with van der Waals surface area (Å²) in [5.41, 5.74) is 0.802. The number of Topliss-reactive ketones (excluding diaryl/α,β-unsaturated/α-hetero) is 1. The summed E-state index contributed by atoms with van der Waals surface area (Å²) in [6.45, 7) is 0. The molecule has 0 atom stereocenters. The first-order valence-corrected chi connectivity index (χ1v) is 6.13. The summed E-state index contributed by atoms with van der Waals surface area (Å²) in [4.78, 5) is 12.7. The molecule has 1 aromatic carbocycles. The number of nitrogens with zero attached hydrogens (tertiary/aromatic N) is 1. The fraction of sp³-hybridized carbons (Fsp3) is 0.0769. The van der Waals surface area contributed by atoms with E-state index in [0.717, 1.165) is 10.5 Å². The lowest BCUT2D eigenvalue weighted by Gasteiger charge is -1.94. The highest BCUT2D eigenvalue weighted by atomic mass is 32.2. The number of carbonyl (C=O) groups excluding carboxylic acids is 1. The normalized spacial score (nSPS) is 9.47. The fourth-order valence-electron chi connectivity index (χ4n) is 1.20. The van der Waals surface area contributed by atoms with Gasteiger partial charge in [0.2, 0.25) is 5.76 Å². The Morgan fingerprint density at radius 1 is 1.29 bits per heavy atom. The van der Waals surface area contributed by atoms with Gasteiger partial charge < -0.3 is 4.52 Å². The quantitative estimate of drug-likeness (QED) is 0.462. The zero-order chi connectivity index (χ0) is 12.1. The zero-order valence-corrected chi connectivity index (χ0v) is 9.95. The molecule has 0 aliphatic rings. The van der Waals surface area contributed by atoms with Gasteiger partial charge in [-0.15, -0.1) is 11.8 Å². The lowest BCUT2D eigenvalue weighted by atomic mass is 10.2. The van der Waals surface area contributed by atoms with Crippen molar-refractivity contribution in [2.75, 3.05) is 6.26 Å². The van der Waals surface area contributed by atoms with E-state index in [0.29, 0.717) is 0 Å². The molecule has 0 amide bonds. The third-order valence-electron chi connectivity index (χ3n) is 2.07. The van der Waals surface area contributed by atoms with Gasteiger partial charge in [-0.25, -0.2) is 0 Å². The van der Waals surface area contributed by atoms with E-state index in [9.17, 15) is 4.79 Å². The van der Waals surface area contributed by atoms with Crippen molar-refractivity contribution in [3.05, 3.63) is 47.9 Å². The van der Waals surface area contributed by atoms with Crippen LogP contribution in [0.15, 0.2) is 45.9 Å². The van der Waals surface area contributed by atoms with E-state index in [2.05, 4.69) is 17.0 Å². The van der Waals surface area contributed by atoms with Crippen LogP contribution in [0.3, 0.4) is 0 Å². The molecule has 17 heavy (non-hydrogen) atoms. The number of rotatable bonds is 2. The average molecular weight is 243 g/mol. The van der Waals surface area contributed by atoms with Crippen LogP contribution in [0.1, 0.15) is 16.1 Å². The van der Waals surface area contributed by atoms with Crippen molar-refractivity contribution in [3.63, 3.8) is 0 Å². The Kier molecular flexibility index (Phi) is 3.63. The Bertz CT molecular complexity index is 562. The van der Waals surface area contributed by atoms with Gasteiger partial charge in [-0.05, 0) is 36.4 Å². The summed E-state index contributed by atoms with van der Waals surface area (Å²) in [7, 11) is 0. The predicted molar refractivity (Wildman–Crippen MR) is 65.9 cm³/mol. The lowest BCUT2D eigenvalue weighted by Crippen LogP contribution is -1.91.